The molecule has 4 heterocycles. The minimum atomic E-state index is -5.05. The summed E-state index contributed by atoms with van der Waals surface area (Å²) < 4.78 is 51.7. The molecule has 230 valence electrons. The molecule has 44 heavy (non-hydrogen) atoms. The second-order valence-electron chi connectivity index (χ2n) is 9.97. The van der Waals surface area contributed by atoms with Crippen LogP contribution in [0.15, 0.2) is 67.5 Å². The Balaban J connectivity index is 1.53. The largest absolute Gasteiger partial charge is 0.574 e. The molecule has 1 saturated heterocycles. The summed E-state index contributed by atoms with van der Waals surface area (Å²) in [4.78, 5) is 28.8. The molecule has 2 N–H and O–H groups in total. The lowest BCUT2D eigenvalue weighted by Gasteiger charge is -2.30. The molecule has 1 aliphatic heterocycles. The van der Waals surface area contributed by atoms with Gasteiger partial charge in [-0.05, 0) is 26.2 Å². The van der Waals surface area contributed by atoms with Gasteiger partial charge in [0, 0.05) is 49.2 Å². The van der Waals surface area contributed by atoms with E-state index in [0.29, 0.717) is 38.7 Å². The van der Waals surface area contributed by atoms with E-state index >= 15 is 0 Å². The number of carbonyl (C=O) groups is 1. The minimum absolute atomic E-state index is 0.0534. The van der Waals surface area contributed by atoms with Crippen LogP contribution in [0, 0.1) is 0 Å². The van der Waals surface area contributed by atoms with Crippen LogP contribution in [0.5, 0.6) is 5.88 Å². The van der Waals surface area contributed by atoms with Crippen molar-refractivity contribution < 1.29 is 27.4 Å². The van der Waals surface area contributed by atoms with Gasteiger partial charge in [0.05, 0.1) is 24.6 Å². The number of nitrogens with zero attached hydrogens (tertiary/aromatic N) is 7. The Kier molecular flexibility index (Phi) is 9.06. The second kappa shape index (κ2) is 13.1. The molecule has 1 amide bonds. The van der Waals surface area contributed by atoms with Crippen molar-refractivity contribution in [3.63, 3.8) is 0 Å². The van der Waals surface area contributed by atoms with E-state index in [-0.39, 0.29) is 23.1 Å². The lowest BCUT2D eigenvalue weighted by Crippen LogP contribution is -2.37. The molecule has 0 atom stereocenters. The molecule has 0 aliphatic carbocycles. The van der Waals surface area contributed by atoms with Crippen molar-refractivity contribution in [3.8, 4) is 23.0 Å². The summed E-state index contributed by atoms with van der Waals surface area (Å²) in [6.45, 7) is 5.42. The summed E-state index contributed by atoms with van der Waals surface area (Å²) in [5, 5.41) is 10.1. The Bertz CT molecular complexity index is 1620. The molecule has 0 radical (unpaired) electrons. The summed E-state index contributed by atoms with van der Waals surface area (Å²) in [6, 6.07) is 12.6. The monoisotopic (exact) mass is 609 g/mol. The average molecular weight is 610 g/mol. The number of nitrogens with one attached hydrogen (secondary N) is 2. The first kappa shape index (κ1) is 30.4. The minimum Gasteiger partial charge on any atom is -0.385 e. The summed E-state index contributed by atoms with van der Waals surface area (Å²) >= 11 is 0. The van der Waals surface area contributed by atoms with E-state index in [0.717, 1.165) is 22.9 Å². The van der Waals surface area contributed by atoms with Crippen LogP contribution in [-0.2, 0) is 16.1 Å². The molecule has 3 aromatic heterocycles. The average Bonchev–Trinajstić information content (AvgIpc) is 3.42. The fraction of sp³-hybridized carbons (Fsp3) is 0.276. The highest BCUT2D eigenvalue weighted by molar-refractivity contribution is 6.01. The number of rotatable bonds is 10. The maximum atomic E-state index is 13.5. The number of carbonyl (C=O) groups excluding carboxylic acids is 1. The lowest BCUT2D eigenvalue weighted by molar-refractivity contribution is -0.275. The van der Waals surface area contributed by atoms with Crippen molar-refractivity contribution in [2.24, 2.45) is 0 Å². The van der Waals surface area contributed by atoms with E-state index < -0.39 is 18.1 Å². The molecular formula is C29H30F3N9O3. The third kappa shape index (κ3) is 7.48. The summed E-state index contributed by atoms with van der Waals surface area (Å²) in [6.07, 6.45) is -0.720. The standard InChI is InChI=1S/C29H30F3N9O3/c1-4-24(42)34-21-16-22(27(44-29(30,31)32)37-26(21)40-12-14-43-15-13-40)35-28-33-11-10-23(36-28)41-18-20(17-39(2)3)25(38-41)19-8-6-5-7-9-19/h4-11,16,18H,1,12-15,17H2,2-3H3,(H,34,42)(H,33,35,36). The van der Waals surface area contributed by atoms with Crippen LogP contribution in [0.4, 0.5) is 36.3 Å². The number of halogens is 3. The van der Waals surface area contributed by atoms with E-state index in [1.807, 2.05) is 55.5 Å². The predicted octanol–water partition coefficient (Wildman–Crippen LogP) is 4.39. The fourth-order valence-corrected chi connectivity index (χ4v) is 4.54. The maximum absolute atomic E-state index is 13.5. The smallest absolute Gasteiger partial charge is 0.385 e. The SMILES string of the molecule is C=CC(=O)Nc1cc(Nc2nccc(-n3cc(CN(C)C)c(-c4ccccc4)n3)n2)c(OC(F)(F)F)nc1N1CCOCC1. The topological polar surface area (TPSA) is 123 Å². The highest BCUT2D eigenvalue weighted by atomic mass is 19.4. The van der Waals surface area contributed by atoms with Crippen molar-refractivity contribution in [1.82, 2.24) is 29.6 Å². The zero-order chi connectivity index (χ0) is 31.3. The Morgan fingerprint density at radius 2 is 1.89 bits per heavy atom. The number of morpholine rings is 1. The summed E-state index contributed by atoms with van der Waals surface area (Å²) in [7, 11) is 3.90. The molecule has 0 spiro atoms. The quantitative estimate of drug-likeness (QED) is 0.250. The Morgan fingerprint density at radius 3 is 2.57 bits per heavy atom. The predicted molar refractivity (Wildman–Crippen MR) is 158 cm³/mol. The van der Waals surface area contributed by atoms with E-state index in [1.54, 1.807) is 15.6 Å². The Morgan fingerprint density at radius 1 is 1.14 bits per heavy atom. The molecule has 12 nitrogen and oxygen atoms in total. The number of ether oxygens (including phenoxy) is 2. The van der Waals surface area contributed by atoms with Crippen LogP contribution in [-0.4, -0.2) is 82.3 Å². The molecular weight excluding hydrogens is 579 g/mol. The van der Waals surface area contributed by atoms with Crippen LogP contribution < -0.4 is 20.3 Å². The summed E-state index contributed by atoms with van der Waals surface area (Å²) in [5.74, 6) is -0.954. The highest BCUT2D eigenvalue weighted by Gasteiger charge is 2.34. The first-order chi connectivity index (χ1) is 21.1. The Labute approximate surface area is 251 Å². The van der Waals surface area contributed by atoms with E-state index in [4.69, 9.17) is 9.84 Å². The highest BCUT2D eigenvalue weighted by Crippen LogP contribution is 2.38. The van der Waals surface area contributed by atoms with E-state index in [9.17, 15) is 18.0 Å². The van der Waals surface area contributed by atoms with Gasteiger partial charge in [-0.2, -0.15) is 15.1 Å². The molecule has 15 heteroatoms. The van der Waals surface area contributed by atoms with Gasteiger partial charge >= 0.3 is 6.36 Å². The van der Waals surface area contributed by atoms with Crippen molar-refractivity contribution in [1.29, 1.82) is 0 Å². The number of hydrogen-bond donors (Lipinski definition) is 2. The number of alkyl halides is 3. The van der Waals surface area contributed by atoms with Crippen molar-refractivity contribution in [2.75, 3.05) is 55.9 Å². The van der Waals surface area contributed by atoms with Gasteiger partial charge < -0.3 is 29.9 Å². The molecule has 1 aromatic carbocycles. The number of hydrogen-bond acceptors (Lipinski definition) is 10. The van der Waals surface area contributed by atoms with Gasteiger partial charge in [0.2, 0.25) is 17.7 Å². The lowest BCUT2D eigenvalue weighted by atomic mass is 10.1. The van der Waals surface area contributed by atoms with E-state index in [2.05, 4.69) is 36.9 Å². The zero-order valence-electron chi connectivity index (χ0n) is 24.0. The molecule has 0 saturated carbocycles. The first-order valence-corrected chi connectivity index (χ1v) is 13.6. The van der Waals surface area contributed by atoms with Crippen LogP contribution in [0.25, 0.3) is 17.1 Å². The van der Waals surface area contributed by atoms with Gasteiger partial charge in [-0.1, -0.05) is 36.9 Å². The Hall–Kier alpha value is -5.02. The molecule has 1 fully saturated rings. The number of amides is 1. The second-order valence-corrected chi connectivity index (χ2v) is 9.97. The molecule has 1 aliphatic rings. The van der Waals surface area contributed by atoms with Crippen molar-refractivity contribution in [2.45, 2.75) is 12.9 Å². The van der Waals surface area contributed by atoms with Gasteiger partial charge in [0.25, 0.3) is 0 Å². The van der Waals surface area contributed by atoms with E-state index in [1.165, 1.54) is 12.3 Å². The van der Waals surface area contributed by atoms with Gasteiger partial charge in [0.1, 0.15) is 5.69 Å². The van der Waals surface area contributed by atoms with Crippen molar-refractivity contribution in [3.05, 3.63) is 73.1 Å². The van der Waals surface area contributed by atoms with Gasteiger partial charge in [-0.3, -0.25) is 4.79 Å². The van der Waals surface area contributed by atoms with Gasteiger partial charge in [0.15, 0.2) is 11.6 Å². The third-order valence-corrected chi connectivity index (χ3v) is 6.38. The van der Waals surface area contributed by atoms with Gasteiger partial charge in [-0.25, -0.2) is 9.67 Å². The zero-order valence-corrected chi connectivity index (χ0v) is 24.0. The van der Waals surface area contributed by atoms with Crippen LogP contribution in [0.3, 0.4) is 0 Å². The van der Waals surface area contributed by atoms with Gasteiger partial charge in [-0.15, -0.1) is 13.2 Å². The molecule has 0 unspecified atom stereocenters. The molecule has 5 rings (SSSR count). The first-order valence-electron chi connectivity index (χ1n) is 13.6. The molecule has 4 aromatic rings. The van der Waals surface area contributed by atoms with Crippen LogP contribution in [0.2, 0.25) is 0 Å². The van der Waals surface area contributed by atoms with Crippen LogP contribution in [0.1, 0.15) is 5.56 Å². The maximum Gasteiger partial charge on any atom is 0.574 e. The number of aromatic nitrogens is 5. The number of benzene rings is 1. The normalized spacial score (nSPS) is 13.5. The van der Waals surface area contributed by atoms with Crippen LogP contribution >= 0.6 is 0 Å². The van der Waals surface area contributed by atoms with Crippen molar-refractivity contribution >= 4 is 29.0 Å². The number of pyridine rings is 1. The third-order valence-electron chi connectivity index (χ3n) is 6.38. The molecule has 0 bridgehead atoms. The number of anilines is 4. The fourth-order valence-electron chi connectivity index (χ4n) is 4.54. The summed E-state index contributed by atoms with van der Waals surface area (Å²) in [5.41, 5.74) is 2.54.